The minimum atomic E-state index is 0.228. The van der Waals surface area contributed by atoms with Crippen molar-refractivity contribution in [2.75, 3.05) is 13.1 Å². The van der Waals surface area contributed by atoms with Crippen LogP contribution in [0.4, 0.5) is 0 Å². The first-order valence-electron chi connectivity index (χ1n) is 9.39. The predicted octanol–water partition coefficient (Wildman–Crippen LogP) is 4.85. The Bertz CT molecular complexity index is 930. The molecule has 5 heteroatoms. The van der Waals surface area contributed by atoms with Crippen molar-refractivity contribution < 1.29 is 4.74 Å². The number of hydrogen-bond donors (Lipinski definition) is 1. The Kier molecular flexibility index (Phi) is 5.19. The van der Waals surface area contributed by atoms with E-state index in [-0.39, 0.29) is 6.10 Å². The van der Waals surface area contributed by atoms with Crippen LogP contribution in [-0.4, -0.2) is 29.0 Å². The number of piperidine rings is 1. The van der Waals surface area contributed by atoms with Gasteiger partial charge in [-0.25, -0.2) is 0 Å². The summed E-state index contributed by atoms with van der Waals surface area (Å²) in [6.45, 7) is 4.05. The largest absolute Gasteiger partial charge is 0.489 e. The van der Waals surface area contributed by atoms with E-state index in [1.807, 2.05) is 42.1 Å². The van der Waals surface area contributed by atoms with Crippen LogP contribution in [0.25, 0.3) is 22.5 Å². The van der Waals surface area contributed by atoms with Crippen LogP contribution in [0.3, 0.4) is 0 Å². The molecule has 0 saturated carbocycles. The maximum atomic E-state index is 6.46. The third-order valence-corrected chi connectivity index (χ3v) is 5.25. The van der Waals surface area contributed by atoms with Gasteiger partial charge in [-0.2, -0.15) is 5.10 Å². The summed E-state index contributed by atoms with van der Waals surface area (Å²) in [7, 11) is 1.96. The van der Waals surface area contributed by atoms with Crippen LogP contribution in [0.2, 0.25) is 5.02 Å². The van der Waals surface area contributed by atoms with Crippen molar-refractivity contribution in [1.29, 1.82) is 0 Å². The molecule has 1 N–H and O–H groups in total. The summed E-state index contributed by atoms with van der Waals surface area (Å²) in [6.07, 6.45) is 2.26. The first-order valence-corrected chi connectivity index (χ1v) is 9.77. The number of nitrogens with one attached hydrogen (secondary N) is 1. The number of rotatable bonds is 4. The second-order valence-electron chi connectivity index (χ2n) is 7.07. The Morgan fingerprint density at radius 2 is 1.85 bits per heavy atom. The lowest BCUT2D eigenvalue weighted by Gasteiger charge is -2.26. The van der Waals surface area contributed by atoms with Crippen LogP contribution < -0.4 is 10.1 Å². The van der Waals surface area contributed by atoms with Gasteiger partial charge in [0.05, 0.1) is 11.4 Å². The molecule has 2 heterocycles. The Balaban J connectivity index is 1.76. The molecule has 27 heavy (non-hydrogen) atoms. The number of nitrogens with zero attached hydrogens (tertiary/aromatic N) is 2. The van der Waals surface area contributed by atoms with E-state index in [9.17, 15) is 0 Å². The van der Waals surface area contributed by atoms with Crippen molar-refractivity contribution in [2.45, 2.75) is 25.9 Å². The lowest BCUT2D eigenvalue weighted by atomic mass is 10.0. The van der Waals surface area contributed by atoms with Gasteiger partial charge < -0.3 is 10.1 Å². The summed E-state index contributed by atoms with van der Waals surface area (Å²) < 4.78 is 8.36. The molecule has 4 nitrogen and oxygen atoms in total. The number of halogens is 1. The van der Waals surface area contributed by atoms with E-state index in [1.165, 1.54) is 0 Å². The number of ether oxygens (including phenoxy) is 1. The summed E-state index contributed by atoms with van der Waals surface area (Å²) in [4.78, 5) is 0. The van der Waals surface area contributed by atoms with Crippen LogP contribution in [0, 0.1) is 6.92 Å². The maximum Gasteiger partial charge on any atom is 0.132 e. The zero-order valence-corrected chi connectivity index (χ0v) is 16.5. The molecule has 140 valence electrons. The van der Waals surface area contributed by atoms with Crippen LogP contribution in [-0.2, 0) is 7.05 Å². The van der Waals surface area contributed by atoms with Crippen molar-refractivity contribution in [1.82, 2.24) is 15.1 Å². The summed E-state index contributed by atoms with van der Waals surface area (Å²) in [5.74, 6) is 0.911. The standard InChI is InChI=1S/C22H24ClN3O/c1-15-12-17(23)13-19(22(15)27-18-8-10-24-11-9-18)21-14-20(25-26(21)2)16-6-4-3-5-7-16/h3-7,12-14,18,24H,8-11H2,1-2H3. The van der Waals surface area contributed by atoms with Crippen molar-refractivity contribution in [3.8, 4) is 28.3 Å². The van der Waals surface area contributed by atoms with Gasteiger partial charge >= 0.3 is 0 Å². The molecule has 1 saturated heterocycles. The molecule has 1 aliphatic rings. The third-order valence-electron chi connectivity index (χ3n) is 5.04. The summed E-state index contributed by atoms with van der Waals surface area (Å²) >= 11 is 6.40. The van der Waals surface area contributed by atoms with Gasteiger partial charge in [0.15, 0.2) is 0 Å². The maximum absolute atomic E-state index is 6.46. The van der Waals surface area contributed by atoms with E-state index in [0.29, 0.717) is 5.02 Å². The predicted molar refractivity (Wildman–Crippen MR) is 110 cm³/mol. The topological polar surface area (TPSA) is 39.1 Å². The van der Waals surface area contributed by atoms with Gasteiger partial charge in [0.2, 0.25) is 0 Å². The van der Waals surface area contributed by atoms with Crippen molar-refractivity contribution in [3.05, 3.63) is 59.1 Å². The second kappa shape index (κ2) is 7.75. The highest BCUT2D eigenvalue weighted by molar-refractivity contribution is 6.31. The van der Waals surface area contributed by atoms with E-state index in [4.69, 9.17) is 21.4 Å². The highest BCUT2D eigenvalue weighted by Gasteiger charge is 2.21. The fraction of sp³-hybridized carbons (Fsp3) is 0.318. The first-order chi connectivity index (χ1) is 13.1. The molecule has 0 unspecified atom stereocenters. The molecule has 0 atom stereocenters. The minimum absolute atomic E-state index is 0.228. The fourth-order valence-corrected chi connectivity index (χ4v) is 3.90. The van der Waals surface area contributed by atoms with Crippen molar-refractivity contribution >= 4 is 11.6 Å². The van der Waals surface area contributed by atoms with E-state index in [0.717, 1.165) is 59.8 Å². The molecule has 0 spiro atoms. The molecule has 4 rings (SSSR count). The molecule has 1 fully saturated rings. The Morgan fingerprint density at radius 1 is 1.11 bits per heavy atom. The zero-order chi connectivity index (χ0) is 18.8. The molecule has 1 aromatic heterocycles. The molecule has 0 aliphatic carbocycles. The van der Waals surface area contributed by atoms with E-state index in [1.54, 1.807) is 0 Å². The smallest absolute Gasteiger partial charge is 0.132 e. The lowest BCUT2D eigenvalue weighted by Crippen LogP contribution is -2.34. The number of aryl methyl sites for hydroxylation is 2. The Labute approximate surface area is 165 Å². The van der Waals surface area contributed by atoms with Crippen molar-refractivity contribution in [2.24, 2.45) is 7.05 Å². The van der Waals surface area contributed by atoms with E-state index >= 15 is 0 Å². The monoisotopic (exact) mass is 381 g/mol. The van der Waals surface area contributed by atoms with Gasteiger partial charge in [-0.1, -0.05) is 41.9 Å². The summed E-state index contributed by atoms with van der Waals surface area (Å²) in [6, 6.07) is 16.3. The first kappa shape index (κ1) is 18.1. The van der Waals surface area contributed by atoms with E-state index in [2.05, 4.69) is 30.4 Å². The van der Waals surface area contributed by atoms with Crippen LogP contribution >= 0.6 is 11.6 Å². The SMILES string of the molecule is Cc1cc(Cl)cc(-c2cc(-c3ccccc3)nn2C)c1OC1CCNCC1. The number of hydrogen-bond acceptors (Lipinski definition) is 3. The molecule has 1 aliphatic heterocycles. The van der Waals surface area contributed by atoms with Gasteiger partial charge in [-0.3, -0.25) is 4.68 Å². The van der Waals surface area contributed by atoms with Crippen LogP contribution in [0.1, 0.15) is 18.4 Å². The molecule has 0 bridgehead atoms. The second-order valence-corrected chi connectivity index (χ2v) is 7.51. The molecular weight excluding hydrogens is 358 g/mol. The van der Waals surface area contributed by atoms with Gasteiger partial charge in [-0.15, -0.1) is 0 Å². The van der Waals surface area contributed by atoms with Gasteiger partial charge in [-0.05, 0) is 56.6 Å². The molecule has 3 aromatic rings. The van der Waals surface area contributed by atoms with E-state index < -0.39 is 0 Å². The molecule has 0 amide bonds. The third kappa shape index (κ3) is 3.87. The van der Waals surface area contributed by atoms with Gasteiger partial charge in [0, 0.05) is 23.2 Å². The minimum Gasteiger partial charge on any atom is -0.489 e. The van der Waals surface area contributed by atoms with Crippen LogP contribution in [0.15, 0.2) is 48.5 Å². The summed E-state index contributed by atoms with van der Waals surface area (Å²) in [5, 5.41) is 8.81. The average Bonchev–Trinajstić information content (AvgIpc) is 3.07. The molecule has 0 radical (unpaired) electrons. The average molecular weight is 382 g/mol. The summed E-state index contributed by atoms with van der Waals surface area (Å²) in [5.41, 5.74) is 5.09. The number of benzene rings is 2. The number of aromatic nitrogens is 2. The highest BCUT2D eigenvalue weighted by Crippen LogP contribution is 2.38. The fourth-order valence-electron chi connectivity index (χ4n) is 3.63. The highest BCUT2D eigenvalue weighted by atomic mass is 35.5. The Hall–Kier alpha value is -2.30. The Morgan fingerprint density at radius 3 is 2.59 bits per heavy atom. The quantitative estimate of drug-likeness (QED) is 0.702. The normalized spacial score (nSPS) is 15.1. The lowest BCUT2D eigenvalue weighted by molar-refractivity contribution is 0.162. The van der Waals surface area contributed by atoms with Crippen LogP contribution in [0.5, 0.6) is 5.75 Å². The molecule has 2 aromatic carbocycles. The van der Waals surface area contributed by atoms with Gasteiger partial charge in [0.25, 0.3) is 0 Å². The van der Waals surface area contributed by atoms with Crippen molar-refractivity contribution in [3.63, 3.8) is 0 Å². The van der Waals surface area contributed by atoms with Gasteiger partial charge in [0.1, 0.15) is 11.9 Å². The zero-order valence-electron chi connectivity index (χ0n) is 15.7. The molecular formula is C22H24ClN3O.